The van der Waals surface area contributed by atoms with E-state index in [-0.39, 0.29) is 11.6 Å². The largest absolute Gasteiger partial charge is 0.477 e. The van der Waals surface area contributed by atoms with Crippen LogP contribution in [0.15, 0.2) is 47.1 Å². The number of carbonyl (C=O) groups is 1. The van der Waals surface area contributed by atoms with Crippen molar-refractivity contribution in [2.75, 3.05) is 6.61 Å². The van der Waals surface area contributed by atoms with Crippen molar-refractivity contribution >= 4 is 21.8 Å². The first kappa shape index (κ1) is 20.0. The number of rotatable bonds is 8. The minimum Gasteiger partial charge on any atom is -0.477 e. The zero-order valence-corrected chi connectivity index (χ0v) is 17.4. The second-order valence-corrected chi connectivity index (χ2v) is 7.18. The number of unbranched alkanes of at least 4 members (excludes halogenated alkanes) is 1. The molecular weight excluding hydrogens is 422 g/mol. The summed E-state index contributed by atoms with van der Waals surface area (Å²) in [5, 5.41) is 11.1. The van der Waals surface area contributed by atoms with Crippen LogP contribution in [0, 0.1) is 6.92 Å². The quantitative estimate of drug-likeness (QED) is 0.534. The highest BCUT2D eigenvalue weighted by Gasteiger charge is 2.18. The molecule has 0 atom stereocenters. The number of ether oxygens (including phenoxy) is 1. The SMILES string of the molecule is CCCCOc1ncccc1CNC(=O)c1nnn(-c2cccc(Br)c2)c1C. The van der Waals surface area contributed by atoms with Gasteiger partial charge in [-0.3, -0.25) is 4.79 Å². The van der Waals surface area contributed by atoms with Crippen LogP contribution in [0.4, 0.5) is 0 Å². The number of hydrogen-bond acceptors (Lipinski definition) is 5. The van der Waals surface area contributed by atoms with Crippen LogP contribution in [-0.4, -0.2) is 32.5 Å². The summed E-state index contributed by atoms with van der Waals surface area (Å²) in [5.74, 6) is 0.257. The van der Waals surface area contributed by atoms with Gasteiger partial charge in [-0.25, -0.2) is 9.67 Å². The summed E-state index contributed by atoms with van der Waals surface area (Å²) in [4.78, 5) is 16.9. The molecule has 2 aromatic heterocycles. The Morgan fingerprint density at radius 2 is 2.14 bits per heavy atom. The molecular formula is C20H22BrN5O2. The molecule has 2 heterocycles. The monoisotopic (exact) mass is 443 g/mol. The van der Waals surface area contributed by atoms with E-state index >= 15 is 0 Å². The molecule has 0 fully saturated rings. The molecule has 3 aromatic rings. The first-order chi connectivity index (χ1) is 13.6. The van der Waals surface area contributed by atoms with Gasteiger partial charge in [0, 0.05) is 22.8 Å². The van der Waals surface area contributed by atoms with E-state index in [4.69, 9.17) is 4.74 Å². The Morgan fingerprint density at radius 3 is 2.93 bits per heavy atom. The zero-order valence-electron chi connectivity index (χ0n) is 15.9. The van der Waals surface area contributed by atoms with E-state index in [9.17, 15) is 4.79 Å². The lowest BCUT2D eigenvalue weighted by Gasteiger charge is -2.10. The molecule has 0 unspecified atom stereocenters. The Kier molecular flexibility index (Phi) is 6.76. The van der Waals surface area contributed by atoms with Crippen molar-refractivity contribution in [2.24, 2.45) is 0 Å². The van der Waals surface area contributed by atoms with Crippen LogP contribution < -0.4 is 10.1 Å². The van der Waals surface area contributed by atoms with Crippen molar-refractivity contribution < 1.29 is 9.53 Å². The van der Waals surface area contributed by atoms with E-state index in [2.05, 4.69) is 43.5 Å². The minimum absolute atomic E-state index is 0.289. The average Bonchev–Trinajstić information content (AvgIpc) is 3.08. The fourth-order valence-electron chi connectivity index (χ4n) is 2.65. The fraction of sp³-hybridized carbons (Fsp3) is 0.300. The van der Waals surface area contributed by atoms with Gasteiger partial charge in [0.05, 0.1) is 18.0 Å². The van der Waals surface area contributed by atoms with E-state index in [0.717, 1.165) is 28.6 Å². The molecule has 146 valence electrons. The molecule has 0 spiro atoms. The van der Waals surface area contributed by atoms with Gasteiger partial charge in [-0.15, -0.1) is 5.10 Å². The topological polar surface area (TPSA) is 81.9 Å². The molecule has 0 saturated carbocycles. The van der Waals surface area contributed by atoms with Crippen LogP contribution >= 0.6 is 15.9 Å². The highest BCUT2D eigenvalue weighted by atomic mass is 79.9. The van der Waals surface area contributed by atoms with Gasteiger partial charge in [-0.05, 0) is 37.6 Å². The zero-order chi connectivity index (χ0) is 19.9. The normalized spacial score (nSPS) is 10.7. The van der Waals surface area contributed by atoms with Crippen LogP contribution in [0.5, 0.6) is 5.88 Å². The van der Waals surface area contributed by atoms with Gasteiger partial charge in [0.2, 0.25) is 5.88 Å². The van der Waals surface area contributed by atoms with Crippen molar-refractivity contribution in [3.63, 3.8) is 0 Å². The smallest absolute Gasteiger partial charge is 0.274 e. The third-order valence-electron chi connectivity index (χ3n) is 4.19. The van der Waals surface area contributed by atoms with E-state index in [1.165, 1.54) is 0 Å². The Balaban J connectivity index is 1.70. The van der Waals surface area contributed by atoms with E-state index in [0.29, 0.717) is 24.7 Å². The molecule has 8 heteroatoms. The second kappa shape index (κ2) is 9.45. The summed E-state index contributed by atoms with van der Waals surface area (Å²) in [7, 11) is 0. The Bertz CT molecular complexity index is 957. The highest BCUT2D eigenvalue weighted by molar-refractivity contribution is 9.10. The first-order valence-electron chi connectivity index (χ1n) is 9.13. The molecule has 0 radical (unpaired) electrons. The standard InChI is InChI=1S/C20H22BrN5O2/c1-3-4-11-28-20-15(7-6-10-22-20)13-23-19(27)18-14(2)26(25-24-18)17-9-5-8-16(21)12-17/h5-10,12H,3-4,11,13H2,1-2H3,(H,23,27). The Morgan fingerprint density at radius 1 is 1.29 bits per heavy atom. The summed E-state index contributed by atoms with van der Waals surface area (Å²) in [6, 6.07) is 11.4. The van der Waals surface area contributed by atoms with Crippen LogP contribution in [0.1, 0.15) is 41.5 Å². The predicted octanol–water partition coefficient (Wildman–Crippen LogP) is 3.84. The molecule has 0 bridgehead atoms. The number of amides is 1. The number of carbonyl (C=O) groups excluding carboxylic acids is 1. The lowest BCUT2D eigenvalue weighted by atomic mass is 10.2. The summed E-state index contributed by atoms with van der Waals surface area (Å²) >= 11 is 3.44. The van der Waals surface area contributed by atoms with Crippen molar-refractivity contribution in [2.45, 2.75) is 33.2 Å². The molecule has 7 nitrogen and oxygen atoms in total. The van der Waals surface area contributed by atoms with Gasteiger partial charge < -0.3 is 10.1 Å². The molecule has 1 N–H and O–H groups in total. The van der Waals surface area contributed by atoms with Gasteiger partial charge in [0.15, 0.2) is 5.69 Å². The number of aromatic nitrogens is 4. The van der Waals surface area contributed by atoms with E-state index in [1.54, 1.807) is 10.9 Å². The molecule has 1 amide bonds. The number of hydrogen-bond donors (Lipinski definition) is 1. The molecule has 0 aliphatic heterocycles. The third-order valence-corrected chi connectivity index (χ3v) is 4.68. The fourth-order valence-corrected chi connectivity index (χ4v) is 3.04. The summed E-state index contributed by atoms with van der Waals surface area (Å²) in [5.41, 5.74) is 2.61. The maximum absolute atomic E-state index is 12.6. The Hall–Kier alpha value is -2.74. The number of halogens is 1. The van der Waals surface area contributed by atoms with Gasteiger partial charge in [-0.1, -0.05) is 46.6 Å². The predicted molar refractivity (Wildman–Crippen MR) is 110 cm³/mol. The maximum atomic E-state index is 12.6. The van der Waals surface area contributed by atoms with Gasteiger partial charge in [0.25, 0.3) is 5.91 Å². The van der Waals surface area contributed by atoms with Gasteiger partial charge in [0.1, 0.15) is 0 Å². The molecule has 3 rings (SSSR count). The van der Waals surface area contributed by atoms with Crippen molar-refractivity contribution in [3.05, 3.63) is 64.0 Å². The first-order valence-corrected chi connectivity index (χ1v) is 9.92. The van der Waals surface area contributed by atoms with Crippen molar-refractivity contribution in [3.8, 4) is 11.6 Å². The molecule has 1 aromatic carbocycles. The van der Waals surface area contributed by atoms with Crippen LogP contribution in [0.25, 0.3) is 5.69 Å². The van der Waals surface area contributed by atoms with Crippen LogP contribution in [-0.2, 0) is 6.54 Å². The molecule has 0 saturated heterocycles. The summed E-state index contributed by atoms with van der Waals surface area (Å²) in [6.45, 7) is 4.83. The third kappa shape index (κ3) is 4.75. The maximum Gasteiger partial charge on any atom is 0.274 e. The van der Waals surface area contributed by atoms with Crippen LogP contribution in [0.2, 0.25) is 0 Å². The summed E-state index contributed by atoms with van der Waals surface area (Å²) in [6.07, 6.45) is 3.69. The highest BCUT2D eigenvalue weighted by Crippen LogP contribution is 2.18. The van der Waals surface area contributed by atoms with Crippen LogP contribution in [0.3, 0.4) is 0 Å². The van der Waals surface area contributed by atoms with Crippen molar-refractivity contribution in [1.82, 2.24) is 25.3 Å². The van der Waals surface area contributed by atoms with E-state index in [1.807, 2.05) is 43.3 Å². The van der Waals surface area contributed by atoms with Crippen molar-refractivity contribution in [1.29, 1.82) is 0 Å². The van der Waals surface area contributed by atoms with Gasteiger partial charge >= 0.3 is 0 Å². The lowest BCUT2D eigenvalue weighted by molar-refractivity contribution is 0.0945. The minimum atomic E-state index is -0.290. The number of pyridine rings is 1. The second-order valence-electron chi connectivity index (χ2n) is 6.27. The van der Waals surface area contributed by atoms with E-state index < -0.39 is 0 Å². The summed E-state index contributed by atoms with van der Waals surface area (Å²) < 4.78 is 8.28. The number of benzene rings is 1. The molecule has 0 aliphatic carbocycles. The Labute approximate surface area is 172 Å². The van der Waals surface area contributed by atoms with Gasteiger partial charge in [-0.2, -0.15) is 0 Å². The molecule has 28 heavy (non-hydrogen) atoms. The average molecular weight is 444 g/mol. The lowest BCUT2D eigenvalue weighted by Crippen LogP contribution is -2.24. The number of nitrogens with one attached hydrogen (secondary N) is 1. The number of nitrogens with zero attached hydrogens (tertiary/aromatic N) is 4. The molecule has 0 aliphatic rings.